The molecule has 0 bridgehead atoms. The van der Waals surface area contributed by atoms with Crippen LogP contribution in [0.25, 0.3) is 16.8 Å². The van der Waals surface area contributed by atoms with Crippen molar-refractivity contribution in [1.82, 2.24) is 9.61 Å². The second-order valence-corrected chi connectivity index (χ2v) is 8.98. The number of hydrogen-bond donors (Lipinski definition) is 0. The summed E-state index contributed by atoms with van der Waals surface area (Å²) in [7, 11) is 3.34. The summed E-state index contributed by atoms with van der Waals surface area (Å²) in [5.41, 5.74) is 4.86. The van der Waals surface area contributed by atoms with Gasteiger partial charge in [0, 0.05) is 25.8 Å². The van der Waals surface area contributed by atoms with Crippen LogP contribution in [0.4, 0.5) is 10.1 Å². The van der Waals surface area contributed by atoms with Gasteiger partial charge in [-0.3, -0.25) is 4.39 Å². The molecule has 4 rings (SSSR count). The number of benzene rings is 1. The lowest BCUT2D eigenvalue weighted by Gasteiger charge is -2.36. The van der Waals surface area contributed by atoms with E-state index in [0.29, 0.717) is 19.0 Å². The van der Waals surface area contributed by atoms with E-state index < -0.39 is 0 Å². The zero-order valence-corrected chi connectivity index (χ0v) is 20.6. The molecule has 0 amide bonds. The maximum atomic E-state index is 13.2. The van der Waals surface area contributed by atoms with Gasteiger partial charge in [-0.25, -0.2) is 4.52 Å². The zero-order chi connectivity index (χ0) is 23.4. The van der Waals surface area contributed by atoms with Crippen molar-refractivity contribution in [2.75, 3.05) is 51.8 Å². The van der Waals surface area contributed by atoms with Crippen molar-refractivity contribution >= 4 is 23.0 Å². The van der Waals surface area contributed by atoms with Gasteiger partial charge in [0.05, 0.1) is 43.4 Å². The standard InChI is InChI=1S/C25H32FN3O3S/c1-17-15-21(30-2)23(22(16-17)31-3)19-7-5-8-20-24(25(33-4)27-29(19)20)28(12-6-11-26)18-9-13-32-14-10-18/h5,7-8,15-16,18H,6,9-14H2,1-4H3. The number of anilines is 1. The van der Waals surface area contributed by atoms with Gasteiger partial charge in [-0.1, -0.05) is 6.07 Å². The van der Waals surface area contributed by atoms with E-state index >= 15 is 0 Å². The Morgan fingerprint density at radius 3 is 2.48 bits per heavy atom. The highest BCUT2D eigenvalue weighted by molar-refractivity contribution is 7.98. The number of rotatable bonds is 9. The van der Waals surface area contributed by atoms with Crippen LogP contribution in [0.15, 0.2) is 35.4 Å². The first-order valence-electron chi connectivity index (χ1n) is 11.3. The summed E-state index contributed by atoms with van der Waals surface area (Å²) >= 11 is 1.61. The molecule has 0 saturated carbocycles. The van der Waals surface area contributed by atoms with E-state index in [-0.39, 0.29) is 6.67 Å². The van der Waals surface area contributed by atoms with Crippen molar-refractivity contribution in [3.63, 3.8) is 0 Å². The molecule has 33 heavy (non-hydrogen) atoms. The van der Waals surface area contributed by atoms with Gasteiger partial charge < -0.3 is 19.1 Å². The topological polar surface area (TPSA) is 48.2 Å². The number of ether oxygens (including phenoxy) is 3. The number of fused-ring (bicyclic) bond motifs is 1. The third kappa shape index (κ3) is 4.64. The minimum Gasteiger partial charge on any atom is -0.496 e. The van der Waals surface area contributed by atoms with Gasteiger partial charge in [0.1, 0.15) is 16.5 Å². The largest absolute Gasteiger partial charge is 0.496 e. The summed E-state index contributed by atoms with van der Waals surface area (Å²) in [4.78, 5) is 2.35. The van der Waals surface area contributed by atoms with Crippen LogP contribution in [0.3, 0.4) is 0 Å². The Bertz CT molecular complexity index is 1070. The fourth-order valence-corrected chi connectivity index (χ4v) is 5.21. The lowest BCUT2D eigenvalue weighted by molar-refractivity contribution is 0.0842. The maximum absolute atomic E-state index is 13.2. The van der Waals surface area contributed by atoms with E-state index in [9.17, 15) is 4.39 Å². The van der Waals surface area contributed by atoms with Crippen LogP contribution < -0.4 is 14.4 Å². The van der Waals surface area contributed by atoms with Gasteiger partial charge >= 0.3 is 0 Å². The minimum atomic E-state index is -0.337. The van der Waals surface area contributed by atoms with Gasteiger partial charge in [0.15, 0.2) is 0 Å². The van der Waals surface area contributed by atoms with Crippen molar-refractivity contribution in [3.05, 3.63) is 35.9 Å². The Labute approximate surface area is 199 Å². The first kappa shape index (κ1) is 23.7. The molecule has 1 aliphatic rings. The van der Waals surface area contributed by atoms with Crippen LogP contribution in [0.1, 0.15) is 24.8 Å². The van der Waals surface area contributed by atoms with Crippen LogP contribution in [-0.2, 0) is 4.74 Å². The second-order valence-electron chi connectivity index (χ2n) is 8.19. The number of aryl methyl sites for hydroxylation is 1. The number of hydrogen-bond acceptors (Lipinski definition) is 6. The molecule has 8 heteroatoms. The van der Waals surface area contributed by atoms with E-state index in [1.165, 1.54) is 0 Å². The molecule has 1 aliphatic heterocycles. The lowest BCUT2D eigenvalue weighted by Crippen LogP contribution is -2.40. The monoisotopic (exact) mass is 473 g/mol. The Kier molecular flexibility index (Phi) is 7.65. The normalized spacial score (nSPS) is 14.6. The molecular formula is C25H32FN3O3S. The molecule has 178 valence electrons. The van der Waals surface area contributed by atoms with E-state index in [2.05, 4.69) is 11.0 Å². The van der Waals surface area contributed by atoms with E-state index in [1.807, 2.05) is 42.0 Å². The van der Waals surface area contributed by atoms with E-state index in [1.54, 1.807) is 26.0 Å². The molecule has 0 N–H and O–H groups in total. The fourth-order valence-electron chi connectivity index (χ4n) is 4.63. The van der Waals surface area contributed by atoms with Crippen LogP contribution in [-0.4, -0.2) is 62.6 Å². The van der Waals surface area contributed by atoms with Crippen molar-refractivity contribution in [1.29, 1.82) is 0 Å². The summed E-state index contributed by atoms with van der Waals surface area (Å²) < 4.78 is 32.3. The van der Waals surface area contributed by atoms with Crippen molar-refractivity contribution in [2.24, 2.45) is 0 Å². The van der Waals surface area contributed by atoms with Gasteiger partial charge in [-0.15, -0.1) is 11.8 Å². The number of methoxy groups -OCH3 is 2. The van der Waals surface area contributed by atoms with E-state index in [0.717, 1.165) is 70.6 Å². The van der Waals surface area contributed by atoms with E-state index in [4.69, 9.17) is 19.3 Å². The predicted molar refractivity (Wildman–Crippen MR) is 132 cm³/mol. The molecule has 1 saturated heterocycles. The summed E-state index contributed by atoms with van der Waals surface area (Å²) in [5, 5.41) is 5.93. The Morgan fingerprint density at radius 2 is 1.88 bits per heavy atom. The molecule has 1 aromatic carbocycles. The highest BCUT2D eigenvalue weighted by atomic mass is 32.2. The van der Waals surface area contributed by atoms with Gasteiger partial charge in [0.2, 0.25) is 0 Å². The average Bonchev–Trinajstić information content (AvgIpc) is 3.23. The molecule has 0 spiro atoms. The molecule has 3 heterocycles. The smallest absolute Gasteiger partial charge is 0.142 e. The third-order valence-electron chi connectivity index (χ3n) is 6.15. The highest BCUT2D eigenvalue weighted by Gasteiger charge is 2.28. The number of aromatic nitrogens is 2. The molecule has 0 radical (unpaired) electrons. The number of thioether (sulfide) groups is 1. The lowest BCUT2D eigenvalue weighted by atomic mass is 10.0. The fraction of sp³-hybridized carbons (Fsp3) is 0.480. The molecule has 0 unspecified atom stereocenters. The minimum absolute atomic E-state index is 0.302. The van der Waals surface area contributed by atoms with Crippen molar-refractivity contribution < 1.29 is 18.6 Å². The quantitative estimate of drug-likeness (QED) is 0.388. The molecule has 0 aliphatic carbocycles. The summed E-state index contributed by atoms with van der Waals surface area (Å²) in [6.07, 6.45) is 4.38. The van der Waals surface area contributed by atoms with Crippen LogP contribution in [0, 0.1) is 6.92 Å². The van der Waals surface area contributed by atoms with Gasteiger partial charge in [-0.2, -0.15) is 5.10 Å². The molecule has 6 nitrogen and oxygen atoms in total. The summed E-state index contributed by atoms with van der Waals surface area (Å²) in [6.45, 7) is 3.79. The maximum Gasteiger partial charge on any atom is 0.142 e. The molecular weight excluding hydrogens is 441 g/mol. The van der Waals surface area contributed by atoms with Crippen molar-refractivity contribution in [2.45, 2.75) is 37.3 Å². The zero-order valence-electron chi connectivity index (χ0n) is 19.8. The second kappa shape index (κ2) is 10.7. The Morgan fingerprint density at radius 1 is 1.18 bits per heavy atom. The molecule has 0 atom stereocenters. The SMILES string of the molecule is COc1cc(C)cc(OC)c1-c1cccc2c(N(CCCF)C3CCOCC3)c(SC)nn12. The molecule has 1 fully saturated rings. The number of alkyl halides is 1. The Balaban J connectivity index is 1.92. The highest BCUT2D eigenvalue weighted by Crippen LogP contribution is 2.42. The van der Waals surface area contributed by atoms with Crippen molar-refractivity contribution in [3.8, 4) is 22.8 Å². The molecule has 3 aromatic rings. The first-order chi connectivity index (χ1) is 16.1. The number of halogens is 1. The number of pyridine rings is 1. The number of nitrogens with zero attached hydrogens (tertiary/aromatic N) is 3. The summed E-state index contributed by atoms with van der Waals surface area (Å²) in [5.74, 6) is 1.47. The Hall–Kier alpha value is -2.45. The molecule has 2 aromatic heterocycles. The average molecular weight is 474 g/mol. The van der Waals surface area contributed by atoms with Crippen LogP contribution in [0.5, 0.6) is 11.5 Å². The van der Waals surface area contributed by atoms with Crippen LogP contribution >= 0.6 is 11.8 Å². The first-order valence-corrected chi connectivity index (χ1v) is 12.5. The van der Waals surface area contributed by atoms with Gasteiger partial charge in [0.25, 0.3) is 0 Å². The van der Waals surface area contributed by atoms with Gasteiger partial charge in [-0.05, 0) is 62.3 Å². The van der Waals surface area contributed by atoms with Crippen LogP contribution in [0.2, 0.25) is 0 Å². The third-order valence-corrected chi connectivity index (χ3v) is 6.81. The summed E-state index contributed by atoms with van der Waals surface area (Å²) in [6, 6.07) is 10.5. The predicted octanol–water partition coefficient (Wildman–Crippen LogP) is 5.39.